The summed E-state index contributed by atoms with van der Waals surface area (Å²) in [4.78, 5) is 22.0. The molecule has 0 aromatic heterocycles. The van der Waals surface area contributed by atoms with Crippen LogP contribution in [0.3, 0.4) is 0 Å². The van der Waals surface area contributed by atoms with E-state index in [9.17, 15) is 9.59 Å². The zero-order valence-corrected chi connectivity index (χ0v) is 9.80. The van der Waals surface area contributed by atoms with Crippen molar-refractivity contribution in [2.24, 2.45) is 0 Å². The lowest BCUT2D eigenvalue weighted by molar-refractivity contribution is 0.112. The molecule has 0 spiro atoms. The fourth-order valence-electron chi connectivity index (χ4n) is 1.95. The molecule has 0 atom stereocenters. The van der Waals surface area contributed by atoms with Crippen LogP contribution in [0, 0.1) is 0 Å². The molecule has 0 fully saturated rings. The van der Waals surface area contributed by atoms with Crippen molar-refractivity contribution in [3.05, 3.63) is 65.7 Å². The average Bonchev–Trinajstić information content (AvgIpc) is 2.46. The molecule has 0 aliphatic carbocycles. The van der Waals surface area contributed by atoms with E-state index in [2.05, 4.69) is 6.58 Å². The Morgan fingerprint density at radius 1 is 0.944 bits per heavy atom. The van der Waals surface area contributed by atoms with Crippen LogP contribution >= 0.6 is 0 Å². The highest BCUT2D eigenvalue weighted by atomic mass is 16.1. The van der Waals surface area contributed by atoms with Crippen LogP contribution < -0.4 is 0 Å². The zero-order valence-electron chi connectivity index (χ0n) is 9.80. The summed E-state index contributed by atoms with van der Waals surface area (Å²) in [7, 11) is 0. The predicted molar refractivity (Wildman–Crippen MR) is 72.7 cm³/mol. The summed E-state index contributed by atoms with van der Waals surface area (Å²) in [6.45, 7) is 3.73. The third-order valence-electron chi connectivity index (χ3n) is 2.79. The Bertz CT molecular complexity index is 598. The summed E-state index contributed by atoms with van der Waals surface area (Å²) in [6.07, 6.45) is 3.13. The van der Waals surface area contributed by atoms with Crippen molar-refractivity contribution in [2.75, 3.05) is 0 Å². The SMILES string of the molecule is C=Cc1c(C=O)cc(C=O)cc1-c1ccccc1. The van der Waals surface area contributed by atoms with Crippen molar-refractivity contribution >= 4 is 18.6 Å². The van der Waals surface area contributed by atoms with E-state index in [0.717, 1.165) is 29.3 Å². The van der Waals surface area contributed by atoms with E-state index in [0.29, 0.717) is 11.1 Å². The first-order chi connectivity index (χ1) is 8.80. The van der Waals surface area contributed by atoms with Gasteiger partial charge in [-0.25, -0.2) is 0 Å². The van der Waals surface area contributed by atoms with Crippen molar-refractivity contribution in [3.63, 3.8) is 0 Å². The molecule has 0 bridgehead atoms. The summed E-state index contributed by atoms with van der Waals surface area (Å²) in [5.74, 6) is 0. The summed E-state index contributed by atoms with van der Waals surface area (Å²) < 4.78 is 0. The van der Waals surface area contributed by atoms with Gasteiger partial charge in [-0.2, -0.15) is 0 Å². The molecule has 2 nitrogen and oxygen atoms in total. The Kier molecular flexibility index (Phi) is 3.49. The number of carbonyl (C=O) groups excluding carboxylic acids is 2. The van der Waals surface area contributed by atoms with Gasteiger partial charge in [0, 0.05) is 11.1 Å². The highest BCUT2D eigenvalue weighted by molar-refractivity contribution is 5.93. The van der Waals surface area contributed by atoms with Crippen LogP contribution in [0.4, 0.5) is 0 Å². The summed E-state index contributed by atoms with van der Waals surface area (Å²) >= 11 is 0. The van der Waals surface area contributed by atoms with Gasteiger partial charge in [-0.3, -0.25) is 9.59 Å². The average molecular weight is 236 g/mol. The Morgan fingerprint density at radius 2 is 1.67 bits per heavy atom. The maximum absolute atomic E-state index is 11.1. The van der Waals surface area contributed by atoms with Gasteiger partial charge in [-0.1, -0.05) is 43.0 Å². The van der Waals surface area contributed by atoms with E-state index in [-0.39, 0.29) is 0 Å². The summed E-state index contributed by atoms with van der Waals surface area (Å²) in [5, 5.41) is 0. The molecule has 2 aromatic carbocycles. The third kappa shape index (κ3) is 2.13. The molecule has 2 rings (SSSR count). The fraction of sp³-hybridized carbons (Fsp3) is 0. The Balaban J connectivity index is 2.75. The summed E-state index contributed by atoms with van der Waals surface area (Å²) in [6, 6.07) is 13.0. The largest absolute Gasteiger partial charge is 0.298 e. The van der Waals surface area contributed by atoms with Crippen molar-refractivity contribution in [1.82, 2.24) is 0 Å². The van der Waals surface area contributed by atoms with Crippen molar-refractivity contribution in [1.29, 1.82) is 0 Å². The van der Waals surface area contributed by atoms with Crippen LogP contribution in [0.25, 0.3) is 17.2 Å². The molecule has 88 valence electrons. The molecule has 18 heavy (non-hydrogen) atoms. The minimum Gasteiger partial charge on any atom is -0.298 e. The second-order valence-electron chi connectivity index (χ2n) is 3.88. The predicted octanol–water partition coefficient (Wildman–Crippen LogP) is 3.62. The molecular formula is C16H12O2. The van der Waals surface area contributed by atoms with Crippen LogP contribution in [0.15, 0.2) is 49.0 Å². The summed E-state index contributed by atoms with van der Waals surface area (Å²) in [5.41, 5.74) is 3.52. The van der Waals surface area contributed by atoms with Gasteiger partial charge in [0.25, 0.3) is 0 Å². The number of rotatable bonds is 4. The van der Waals surface area contributed by atoms with Gasteiger partial charge in [0.05, 0.1) is 0 Å². The lowest BCUT2D eigenvalue weighted by atomic mass is 9.93. The Labute approximate surface area is 106 Å². The second-order valence-corrected chi connectivity index (χ2v) is 3.88. The smallest absolute Gasteiger partial charge is 0.150 e. The molecule has 0 N–H and O–H groups in total. The van der Waals surface area contributed by atoms with E-state index < -0.39 is 0 Å². The number of benzene rings is 2. The van der Waals surface area contributed by atoms with Crippen molar-refractivity contribution < 1.29 is 9.59 Å². The third-order valence-corrected chi connectivity index (χ3v) is 2.79. The van der Waals surface area contributed by atoms with Crippen LogP contribution in [0.2, 0.25) is 0 Å². The topological polar surface area (TPSA) is 34.1 Å². The highest BCUT2D eigenvalue weighted by Gasteiger charge is 2.09. The molecule has 0 saturated carbocycles. The van der Waals surface area contributed by atoms with Gasteiger partial charge in [0.1, 0.15) is 6.29 Å². The van der Waals surface area contributed by atoms with Gasteiger partial charge in [-0.05, 0) is 28.8 Å². The Hall–Kier alpha value is -2.48. The normalized spacial score (nSPS) is 9.78. The quantitative estimate of drug-likeness (QED) is 0.760. The van der Waals surface area contributed by atoms with E-state index in [1.54, 1.807) is 18.2 Å². The van der Waals surface area contributed by atoms with Crippen LogP contribution in [0.1, 0.15) is 26.3 Å². The number of hydrogen-bond donors (Lipinski definition) is 0. The van der Waals surface area contributed by atoms with Crippen LogP contribution in [-0.4, -0.2) is 12.6 Å². The number of hydrogen-bond acceptors (Lipinski definition) is 2. The van der Waals surface area contributed by atoms with Gasteiger partial charge < -0.3 is 0 Å². The molecule has 2 heteroatoms. The maximum atomic E-state index is 11.1. The number of aldehydes is 2. The van der Waals surface area contributed by atoms with Gasteiger partial charge in [-0.15, -0.1) is 0 Å². The molecule has 2 aromatic rings. The first kappa shape index (κ1) is 12.0. The first-order valence-corrected chi connectivity index (χ1v) is 5.56. The first-order valence-electron chi connectivity index (χ1n) is 5.56. The van der Waals surface area contributed by atoms with Crippen molar-refractivity contribution in [3.8, 4) is 11.1 Å². The minimum absolute atomic E-state index is 0.480. The molecule has 0 aliphatic heterocycles. The van der Waals surface area contributed by atoms with E-state index in [1.807, 2.05) is 30.3 Å². The van der Waals surface area contributed by atoms with Crippen molar-refractivity contribution in [2.45, 2.75) is 0 Å². The minimum atomic E-state index is 0.480. The maximum Gasteiger partial charge on any atom is 0.150 e. The molecule has 0 radical (unpaired) electrons. The monoisotopic (exact) mass is 236 g/mol. The van der Waals surface area contributed by atoms with Crippen LogP contribution in [0.5, 0.6) is 0 Å². The van der Waals surface area contributed by atoms with E-state index in [4.69, 9.17) is 0 Å². The zero-order chi connectivity index (χ0) is 13.0. The molecule has 0 heterocycles. The van der Waals surface area contributed by atoms with Gasteiger partial charge in [0.15, 0.2) is 6.29 Å². The van der Waals surface area contributed by atoms with Crippen LogP contribution in [-0.2, 0) is 0 Å². The Morgan fingerprint density at radius 3 is 2.22 bits per heavy atom. The fourth-order valence-corrected chi connectivity index (χ4v) is 1.95. The molecule has 0 aliphatic rings. The highest BCUT2D eigenvalue weighted by Crippen LogP contribution is 2.27. The molecule has 0 unspecified atom stereocenters. The molecule has 0 saturated heterocycles. The lowest BCUT2D eigenvalue weighted by Crippen LogP contribution is -1.94. The lowest BCUT2D eigenvalue weighted by Gasteiger charge is -2.10. The second kappa shape index (κ2) is 5.23. The molecular weight excluding hydrogens is 224 g/mol. The molecule has 0 amide bonds. The standard InChI is InChI=1S/C16H12O2/c1-2-15-14(11-18)8-12(10-17)9-16(15)13-6-4-3-5-7-13/h2-11H,1H2. The van der Waals surface area contributed by atoms with Gasteiger partial charge in [0.2, 0.25) is 0 Å². The number of carbonyl (C=O) groups is 2. The van der Waals surface area contributed by atoms with E-state index in [1.165, 1.54) is 0 Å². The van der Waals surface area contributed by atoms with Gasteiger partial charge >= 0.3 is 0 Å². The van der Waals surface area contributed by atoms with E-state index >= 15 is 0 Å².